The van der Waals surface area contributed by atoms with Gasteiger partial charge in [-0.15, -0.1) is 0 Å². The molecule has 106 valence electrons. The molecular formula is C17H16ClN3. The van der Waals surface area contributed by atoms with Crippen LogP contribution in [0, 0.1) is 13.8 Å². The second-order valence-corrected chi connectivity index (χ2v) is 5.49. The number of aromatic nitrogens is 2. The number of hydrogen-bond donors (Lipinski definition) is 1. The lowest BCUT2D eigenvalue weighted by Gasteiger charge is -2.10. The number of fused-ring (bicyclic) bond motifs is 1. The maximum atomic E-state index is 6.21. The molecule has 0 bridgehead atoms. The Kier molecular flexibility index (Phi) is 3.52. The summed E-state index contributed by atoms with van der Waals surface area (Å²) in [5, 5.41) is 4.95. The van der Waals surface area contributed by atoms with Crippen LogP contribution in [0.25, 0.3) is 22.3 Å². The Morgan fingerprint density at radius 2 is 1.81 bits per heavy atom. The van der Waals surface area contributed by atoms with Gasteiger partial charge >= 0.3 is 0 Å². The minimum atomic E-state index is 0.680. The molecule has 21 heavy (non-hydrogen) atoms. The summed E-state index contributed by atoms with van der Waals surface area (Å²) in [5.74, 6) is 1.52. The molecule has 1 heterocycles. The van der Waals surface area contributed by atoms with E-state index in [1.165, 1.54) is 0 Å². The summed E-state index contributed by atoms with van der Waals surface area (Å²) in [6.45, 7) is 4.05. The molecule has 0 spiro atoms. The lowest BCUT2D eigenvalue weighted by Crippen LogP contribution is -2.00. The van der Waals surface area contributed by atoms with Gasteiger partial charge in [0.1, 0.15) is 5.82 Å². The zero-order valence-corrected chi connectivity index (χ0v) is 13.0. The van der Waals surface area contributed by atoms with Crippen molar-refractivity contribution in [2.45, 2.75) is 13.8 Å². The minimum absolute atomic E-state index is 0.680. The fourth-order valence-electron chi connectivity index (χ4n) is 2.40. The fraction of sp³-hybridized carbons (Fsp3) is 0.176. The Morgan fingerprint density at radius 3 is 2.52 bits per heavy atom. The van der Waals surface area contributed by atoms with Crippen molar-refractivity contribution >= 4 is 28.3 Å². The van der Waals surface area contributed by atoms with E-state index in [1.54, 1.807) is 0 Å². The monoisotopic (exact) mass is 297 g/mol. The molecule has 1 N–H and O–H groups in total. The lowest BCUT2D eigenvalue weighted by molar-refractivity contribution is 1.21. The van der Waals surface area contributed by atoms with Crippen LogP contribution in [-0.4, -0.2) is 17.0 Å². The summed E-state index contributed by atoms with van der Waals surface area (Å²) in [5.41, 5.74) is 4.06. The highest BCUT2D eigenvalue weighted by atomic mass is 35.5. The van der Waals surface area contributed by atoms with Crippen molar-refractivity contribution in [3.05, 3.63) is 52.5 Å². The maximum Gasteiger partial charge on any atom is 0.162 e. The number of nitrogens with one attached hydrogen (secondary N) is 1. The van der Waals surface area contributed by atoms with E-state index >= 15 is 0 Å². The van der Waals surface area contributed by atoms with Crippen LogP contribution in [0.15, 0.2) is 36.4 Å². The number of aryl methyl sites for hydroxylation is 2. The van der Waals surface area contributed by atoms with Gasteiger partial charge in [0.25, 0.3) is 0 Å². The van der Waals surface area contributed by atoms with E-state index in [4.69, 9.17) is 11.6 Å². The van der Waals surface area contributed by atoms with E-state index < -0.39 is 0 Å². The predicted octanol–water partition coefficient (Wildman–Crippen LogP) is 4.61. The van der Waals surface area contributed by atoms with Crippen LogP contribution in [0.2, 0.25) is 5.02 Å². The molecule has 3 nitrogen and oxygen atoms in total. The molecule has 0 atom stereocenters. The van der Waals surface area contributed by atoms with Gasteiger partial charge in [0.05, 0.1) is 5.52 Å². The Morgan fingerprint density at radius 1 is 1.00 bits per heavy atom. The summed E-state index contributed by atoms with van der Waals surface area (Å²) in [6.07, 6.45) is 0. The van der Waals surface area contributed by atoms with Crippen LogP contribution >= 0.6 is 11.6 Å². The summed E-state index contributed by atoms with van der Waals surface area (Å²) in [6, 6.07) is 12.0. The van der Waals surface area contributed by atoms with Crippen molar-refractivity contribution in [1.29, 1.82) is 0 Å². The van der Waals surface area contributed by atoms with Crippen LogP contribution in [0.4, 0.5) is 5.82 Å². The molecule has 3 aromatic rings. The van der Waals surface area contributed by atoms with Crippen molar-refractivity contribution in [3.8, 4) is 11.4 Å². The van der Waals surface area contributed by atoms with Crippen molar-refractivity contribution in [1.82, 2.24) is 9.97 Å². The first kappa shape index (κ1) is 13.8. The van der Waals surface area contributed by atoms with Crippen molar-refractivity contribution in [3.63, 3.8) is 0 Å². The van der Waals surface area contributed by atoms with Gasteiger partial charge in [-0.25, -0.2) is 9.97 Å². The van der Waals surface area contributed by atoms with E-state index in [0.29, 0.717) is 5.82 Å². The smallest absolute Gasteiger partial charge is 0.162 e. The van der Waals surface area contributed by atoms with E-state index in [-0.39, 0.29) is 0 Å². The Balaban J connectivity index is 2.26. The number of nitrogens with zero attached hydrogens (tertiary/aromatic N) is 2. The minimum Gasteiger partial charge on any atom is -0.373 e. The van der Waals surface area contributed by atoms with Crippen LogP contribution in [0.1, 0.15) is 11.1 Å². The number of anilines is 1. The molecule has 3 rings (SSSR count). The quantitative estimate of drug-likeness (QED) is 0.750. The lowest BCUT2D eigenvalue weighted by atomic mass is 10.1. The molecule has 0 saturated carbocycles. The molecule has 0 saturated heterocycles. The van der Waals surface area contributed by atoms with Crippen molar-refractivity contribution in [2.75, 3.05) is 12.4 Å². The van der Waals surface area contributed by atoms with Crippen molar-refractivity contribution < 1.29 is 0 Å². The van der Waals surface area contributed by atoms with Gasteiger partial charge < -0.3 is 5.32 Å². The third kappa shape index (κ3) is 2.45. The summed E-state index contributed by atoms with van der Waals surface area (Å²) < 4.78 is 0. The van der Waals surface area contributed by atoms with Crippen molar-refractivity contribution in [2.24, 2.45) is 0 Å². The van der Waals surface area contributed by atoms with E-state index in [1.807, 2.05) is 44.3 Å². The maximum absolute atomic E-state index is 6.21. The zero-order chi connectivity index (χ0) is 15.0. The van der Waals surface area contributed by atoms with Gasteiger partial charge in [-0.05, 0) is 37.1 Å². The summed E-state index contributed by atoms with van der Waals surface area (Å²) >= 11 is 6.21. The van der Waals surface area contributed by atoms with Gasteiger partial charge in [-0.3, -0.25) is 0 Å². The molecule has 0 unspecified atom stereocenters. The Bertz CT molecular complexity index is 828. The third-order valence-electron chi connectivity index (χ3n) is 3.60. The number of benzene rings is 2. The normalized spacial score (nSPS) is 10.9. The third-order valence-corrected chi connectivity index (χ3v) is 4.01. The molecular weight excluding hydrogens is 282 g/mol. The number of halogens is 1. The summed E-state index contributed by atoms with van der Waals surface area (Å²) in [7, 11) is 1.88. The largest absolute Gasteiger partial charge is 0.373 e. The highest BCUT2D eigenvalue weighted by Crippen LogP contribution is 2.29. The Hall–Kier alpha value is -2.13. The van der Waals surface area contributed by atoms with E-state index in [9.17, 15) is 0 Å². The molecule has 0 aliphatic carbocycles. The second kappa shape index (κ2) is 5.34. The molecule has 0 aliphatic heterocycles. The Labute approximate surface area is 129 Å². The predicted molar refractivity (Wildman–Crippen MR) is 89.0 cm³/mol. The van der Waals surface area contributed by atoms with Gasteiger partial charge in [0.15, 0.2) is 5.82 Å². The molecule has 0 fully saturated rings. The molecule has 0 aliphatic rings. The van der Waals surface area contributed by atoms with Gasteiger partial charge in [-0.2, -0.15) is 0 Å². The average molecular weight is 298 g/mol. The first-order valence-electron chi connectivity index (χ1n) is 6.82. The average Bonchev–Trinajstić information content (AvgIpc) is 2.49. The van der Waals surface area contributed by atoms with Crippen LogP contribution in [0.5, 0.6) is 0 Å². The van der Waals surface area contributed by atoms with Crippen LogP contribution < -0.4 is 5.32 Å². The molecule has 0 radical (unpaired) electrons. The highest BCUT2D eigenvalue weighted by Gasteiger charge is 2.11. The van der Waals surface area contributed by atoms with E-state index in [2.05, 4.69) is 28.3 Å². The van der Waals surface area contributed by atoms with E-state index in [0.717, 1.165) is 38.4 Å². The SMILES string of the molecule is CNc1nc(-c2ccc(C)c(Cl)c2)nc2cccc(C)c12. The first-order chi connectivity index (χ1) is 10.1. The molecule has 0 amide bonds. The number of rotatable bonds is 2. The topological polar surface area (TPSA) is 37.8 Å². The number of hydrogen-bond acceptors (Lipinski definition) is 3. The highest BCUT2D eigenvalue weighted by molar-refractivity contribution is 6.31. The van der Waals surface area contributed by atoms with Crippen LogP contribution in [-0.2, 0) is 0 Å². The first-order valence-corrected chi connectivity index (χ1v) is 7.19. The fourth-order valence-corrected chi connectivity index (χ4v) is 2.58. The molecule has 1 aromatic heterocycles. The standard InChI is InChI=1S/C17H16ClN3/c1-10-7-8-12(9-13(10)18)16-20-14-6-4-5-11(2)15(14)17(19-3)21-16/h4-9H,1-3H3,(H,19,20,21). The summed E-state index contributed by atoms with van der Waals surface area (Å²) in [4.78, 5) is 9.32. The van der Waals surface area contributed by atoms with Gasteiger partial charge in [0.2, 0.25) is 0 Å². The van der Waals surface area contributed by atoms with Gasteiger partial charge in [0, 0.05) is 23.0 Å². The second-order valence-electron chi connectivity index (χ2n) is 5.08. The zero-order valence-electron chi connectivity index (χ0n) is 12.2. The van der Waals surface area contributed by atoms with Gasteiger partial charge in [-0.1, -0.05) is 35.9 Å². The molecule has 4 heteroatoms. The molecule has 2 aromatic carbocycles. The van der Waals surface area contributed by atoms with Crippen LogP contribution in [0.3, 0.4) is 0 Å².